The second-order valence-corrected chi connectivity index (χ2v) is 2.49. The molecule has 2 nitrogen and oxygen atoms in total. The Balaban J connectivity index is 2.17. The Morgan fingerprint density at radius 3 is 3.11 bits per heavy atom. The van der Waals surface area contributed by atoms with E-state index >= 15 is 0 Å². The summed E-state index contributed by atoms with van der Waals surface area (Å²) in [5.74, 6) is 1.21. The molecule has 2 heteroatoms. The van der Waals surface area contributed by atoms with Crippen molar-refractivity contribution in [2.75, 3.05) is 13.4 Å². The van der Waals surface area contributed by atoms with E-state index < -0.39 is 0 Å². The van der Waals surface area contributed by atoms with Gasteiger partial charge >= 0.3 is 0 Å². The molecule has 0 spiro atoms. The lowest BCUT2D eigenvalue weighted by Gasteiger charge is -2.15. The molecular formula is C7H10O2. The summed E-state index contributed by atoms with van der Waals surface area (Å²) in [4.78, 5) is 0. The SMILES string of the molecule is C1CC2=C(C1)OCOC2. The zero-order valence-corrected chi connectivity index (χ0v) is 5.35. The summed E-state index contributed by atoms with van der Waals surface area (Å²) in [6.07, 6.45) is 3.59. The molecule has 0 bridgehead atoms. The first-order valence-corrected chi connectivity index (χ1v) is 3.38. The number of hydrogen-bond donors (Lipinski definition) is 0. The summed E-state index contributed by atoms with van der Waals surface area (Å²) in [5, 5.41) is 0. The Labute approximate surface area is 54.5 Å². The highest BCUT2D eigenvalue weighted by Gasteiger charge is 2.18. The fourth-order valence-corrected chi connectivity index (χ4v) is 1.38. The minimum atomic E-state index is 0.471. The van der Waals surface area contributed by atoms with Gasteiger partial charge in [0.1, 0.15) is 5.76 Å². The summed E-state index contributed by atoms with van der Waals surface area (Å²) in [7, 11) is 0. The Kier molecular flexibility index (Phi) is 1.19. The third-order valence-electron chi connectivity index (χ3n) is 1.87. The first kappa shape index (κ1) is 5.30. The maximum atomic E-state index is 5.26. The van der Waals surface area contributed by atoms with E-state index in [1.807, 2.05) is 0 Å². The van der Waals surface area contributed by atoms with Crippen molar-refractivity contribution in [1.29, 1.82) is 0 Å². The van der Waals surface area contributed by atoms with Gasteiger partial charge in [0, 0.05) is 6.42 Å². The molecule has 0 unspecified atom stereocenters. The van der Waals surface area contributed by atoms with Crippen LogP contribution in [0.25, 0.3) is 0 Å². The summed E-state index contributed by atoms with van der Waals surface area (Å²) < 4.78 is 10.4. The summed E-state index contributed by atoms with van der Waals surface area (Å²) in [6.45, 7) is 1.29. The molecule has 0 aromatic carbocycles. The monoisotopic (exact) mass is 126 g/mol. The highest BCUT2D eigenvalue weighted by molar-refractivity contribution is 5.15. The predicted octanol–water partition coefficient (Wildman–Crippen LogP) is 1.43. The molecular weight excluding hydrogens is 116 g/mol. The zero-order chi connectivity index (χ0) is 6.10. The molecule has 0 saturated heterocycles. The minimum absolute atomic E-state index is 0.471. The molecule has 0 aromatic rings. The van der Waals surface area contributed by atoms with Crippen LogP contribution in [-0.2, 0) is 9.47 Å². The molecule has 2 rings (SSSR count). The van der Waals surface area contributed by atoms with Gasteiger partial charge in [0.25, 0.3) is 0 Å². The lowest BCUT2D eigenvalue weighted by atomic mass is 10.2. The van der Waals surface area contributed by atoms with E-state index in [-0.39, 0.29) is 0 Å². The molecule has 1 aliphatic carbocycles. The van der Waals surface area contributed by atoms with Crippen molar-refractivity contribution in [3.8, 4) is 0 Å². The van der Waals surface area contributed by atoms with Crippen molar-refractivity contribution in [3.63, 3.8) is 0 Å². The van der Waals surface area contributed by atoms with Crippen LogP contribution in [0.2, 0.25) is 0 Å². The lowest BCUT2D eigenvalue weighted by molar-refractivity contribution is -0.0355. The van der Waals surface area contributed by atoms with Gasteiger partial charge in [-0.2, -0.15) is 0 Å². The van der Waals surface area contributed by atoms with Crippen LogP contribution in [-0.4, -0.2) is 13.4 Å². The first-order chi connectivity index (χ1) is 4.47. The molecule has 0 N–H and O–H groups in total. The fraction of sp³-hybridized carbons (Fsp3) is 0.714. The number of ether oxygens (including phenoxy) is 2. The smallest absolute Gasteiger partial charge is 0.188 e. The zero-order valence-electron chi connectivity index (χ0n) is 5.35. The highest BCUT2D eigenvalue weighted by atomic mass is 16.7. The lowest BCUT2D eigenvalue weighted by Crippen LogP contribution is -2.09. The van der Waals surface area contributed by atoms with E-state index in [1.165, 1.54) is 24.2 Å². The second kappa shape index (κ2) is 2.03. The summed E-state index contributed by atoms with van der Waals surface area (Å²) in [6, 6.07) is 0. The van der Waals surface area contributed by atoms with Crippen LogP contribution >= 0.6 is 0 Å². The van der Waals surface area contributed by atoms with Gasteiger partial charge in [-0.25, -0.2) is 0 Å². The van der Waals surface area contributed by atoms with Crippen LogP contribution in [0.3, 0.4) is 0 Å². The van der Waals surface area contributed by atoms with Gasteiger partial charge in [-0.15, -0.1) is 0 Å². The molecule has 50 valence electrons. The topological polar surface area (TPSA) is 18.5 Å². The Bertz CT molecular complexity index is 133. The molecule has 9 heavy (non-hydrogen) atoms. The van der Waals surface area contributed by atoms with Crippen LogP contribution in [0, 0.1) is 0 Å². The third-order valence-corrected chi connectivity index (χ3v) is 1.87. The van der Waals surface area contributed by atoms with Crippen molar-refractivity contribution in [3.05, 3.63) is 11.3 Å². The Morgan fingerprint density at radius 2 is 2.22 bits per heavy atom. The van der Waals surface area contributed by atoms with Crippen LogP contribution in [0.4, 0.5) is 0 Å². The summed E-state index contributed by atoms with van der Waals surface area (Å²) >= 11 is 0. The molecule has 0 aromatic heterocycles. The number of allylic oxidation sites excluding steroid dienone is 1. The number of rotatable bonds is 0. The van der Waals surface area contributed by atoms with E-state index in [0.29, 0.717) is 6.79 Å². The van der Waals surface area contributed by atoms with E-state index in [9.17, 15) is 0 Å². The quantitative estimate of drug-likeness (QED) is 0.488. The van der Waals surface area contributed by atoms with Gasteiger partial charge in [0.2, 0.25) is 0 Å². The van der Waals surface area contributed by atoms with Gasteiger partial charge in [0.05, 0.1) is 6.61 Å². The molecule has 0 amide bonds. The minimum Gasteiger partial charge on any atom is -0.472 e. The van der Waals surface area contributed by atoms with Crippen LogP contribution in [0.1, 0.15) is 19.3 Å². The van der Waals surface area contributed by atoms with Crippen molar-refractivity contribution in [1.82, 2.24) is 0 Å². The molecule has 1 aliphatic heterocycles. The van der Waals surface area contributed by atoms with Gasteiger partial charge in [-0.05, 0) is 18.4 Å². The molecule has 1 heterocycles. The van der Waals surface area contributed by atoms with Gasteiger partial charge in [0.15, 0.2) is 6.79 Å². The van der Waals surface area contributed by atoms with E-state index in [4.69, 9.17) is 9.47 Å². The van der Waals surface area contributed by atoms with Crippen LogP contribution < -0.4 is 0 Å². The molecule has 0 atom stereocenters. The average Bonchev–Trinajstić information content (AvgIpc) is 2.33. The normalized spacial score (nSPS) is 25.8. The maximum absolute atomic E-state index is 5.26. The van der Waals surface area contributed by atoms with Crippen molar-refractivity contribution < 1.29 is 9.47 Å². The van der Waals surface area contributed by atoms with E-state index in [2.05, 4.69) is 0 Å². The first-order valence-electron chi connectivity index (χ1n) is 3.38. The van der Waals surface area contributed by atoms with E-state index in [0.717, 1.165) is 13.0 Å². The Hall–Kier alpha value is -0.500. The van der Waals surface area contributed by atoms with Crippen molar-refractivity contribution in [2.24, 2.45) is 0 Å². The highest BCUT2D eigenvalue weighted by Crippen LogP contribution is 2.29. The summed E-state index contributed by atoms with van der Waals surface area (Å²) in [5.41, 5.74) is 1.39. The van der Waals surface area contributed by atoms with Gasteiger partial charge in [-0.3, -0.25) is 0 Å². The average molecular weight is 126 g/mol. The fourth-order valence-electron chi connectivity index (χ4n) is 1.38. The molecule has 0 radical (unpaired) electrons. The molecule has 0 fully saturated rings. The van der Waals surface area contributed by atoms with Gasteiger partial charge < -0.3 is 9.47 Å². The van der Waals surface area contributed by atoms with Crippen LogP contribution in [0.5, 0.6) is 0 Å². The predicted molar refractivity (Wildman–Crippen MR) is 32.8 cm³/mol. The largest absolute Gasteiger partial charge is 0.472 e. The molecule has 2 aliphatic rings. The van der Waals surface area contributed by atoms with E-state index in [1.54, 1.807) is 0 Å². The van der Waals surface area contributed by atoms with Crippen LogP contribution in [0.15, 0.2) is 11.3 Å². The Morgan fingerprint density at radius 1 is 1.22 bits per heavy atom. The molecule has 0 saturated carbocycles. The standard InChI is InChI=1S/C7H10O2/c1-2-6-4-8-5-9-7(6)3-1/h1-5H2. The van der Waals surface area contributed by atoms with Crippen molar-refractivity contribution in [2.45, 2.75) is 19.3 Å². The maximum Gasteiger partial charge on any atom is 0.188 e. The van der Waals surface area contributed by atoms with Crippen molar-refractivity contribution >= 4 is 0 Å². The second-order valence-electron chi connectivity index (χ2n) is 2.49. The third kappa shape index (κ3) is 0.833. The van der Waals surface area contributed by atoms with Gasteiger partial charge in [-0.1, -0.05) is 0 Å². The number of hydrogen-bond acceptors (Lipinski definition) is 2.